The molecule has 0 aliphatic heterocycles. The molecule has 0 aromatic carbocycles. The molecule has 21 heavy (non-hydrogen) atoms. The molecule has 0 bridgehead atoms. The van der Waals surface area contributed by atoms with Gasteiger partial charge in [-0.15, -0.1) is 10.2 Å². The van der Waals surface area contributed by atoms with E-state index in [0.717, 1.165) is 12.1 Å². The zero-order valence-corrected chi connectivity index (χ0v) is 12.7. The van der Waals surface area contributed by atoms with Crippen LogP contribution in [0, 0.1) is 0 Å². The van der Waals surface area contributed by atoms with Gasteiger partial charge in [0.05, 0.1) is 5.75 Å². The highest BCUT2D eigenvalue weighted by atomic mass is 32.2. The van der Waals surface area contributed by atoms with Gasteiger partial charge in [0, 0.05) is 12.2 Å². The van der Waals surface area contributed by atoms with E-state index in [2.05, 4.69) is 20.8 Å². The first kappa shape index (κ1) is 15.3. The molecule has 1 atom stereocenters. The number of carbonyl (C=O) groups is 2. The molecular weight excluding hydrogens is 290 g/mol. The second-order valence-electron chi connectivity index (χ2n) is 4.53. The van der Waals surface area contributed by atoms with Gasteiger partial charge in [-0.05, 0) is 25.5 Å². The Morgan fingerprint density at radius 3 is 2.95 bits per heavy atom. The van der Waals surface area contributed by atoms with E-state index in [0.29, 0.717) is 5.16 Å². The molecule has 2 N–H and O–H groups in total. The monoisotopic (exact) mass is 307 g/mol. The Labute approximate surface area is 126 Å². The molecule has 0 unspecified atom stereocenters. The summed E-state index contributed by atoms with van der Waals surface area (Å²) in [5.41, 5.74) is 0.718. The lowest BCUT2D eigenvalue weighted by molar-refractivity contribution is -0.117. The number of thioether (sulfide) groups is 1. The highest BCUT2D eigenvalue weighted by molar-refractivity contribution is 7.99. The summed E-state index contributed by atoms with van der Waals surface area (Å²) in [7, 11) is 0. The fourth-order valence-corrected chi connectivity index (χ4v) is 2.30. The third-order valence-corrected chi connectivity index (χ3v) is 3.80. The summed E-state index contributed by atoms with van der Waals surface area (Å²) in [5.74, 6) is -0.266. The van der Waals surface area contributed by atoms with Crippen LogP contribution in [-0.2, 0) is 4.79 Å². The maximum atomic E-state index is 11.7. The van der Waals surface area contributed by atoms with E-state index in [1.807, 2.05) is 38.2 Å². The molecule has 2 heterocycles. The normalized spacial score (nSPS) is 12.1. The summed E-state index contributed by atoms with van der Waals surface area (Å²) in [6.07, 6.45) is 2.63. The van der Waals surface area contributed by atoms with Gasteiger partial charge in [-0.25, -0.2) is 4.79 Å². The van der Waals surface area contributed by atoms with E-state index in [4.69, 9.17) is 0 Å². The molecule has 0 aliphatic rings. The summed E-state index contributed by atoms with van der Waals surface area (Å²) in [6.45, 7) is 3.83. The van der Waals surface area contributed by atoms with Crippen LogP contribution in [0.15, 0.2) is 29.6 Å². The summed E-state index contributed by atoms with van der Waals surface area (Å²) in [6, 6.07) is 5.12. The molecule has 3 amide bonds. The maximum Gasteiger partial charge on any atom is 0.321 e. The third-order valence-electron chi connectivity index (χ3n) is 2.86. The van der Waals surface area contributed by atoms with E-state index in [9.17, 15) is 9.59 Å². The molecule has 7 nitrogen and oxygen atoms in total. The van der Waals surface area contributed by atoms with Gasteiger partial charge < -0.3 is 5.32 Å². The standard InChI is InChI=1S/C13H17N5O2S/c1-3-9(2)14-12(20)15-11(19)8-21-13-17-16-10-6-4-5-7-18(10)13/h4-7,9H,3,8H2,1-2H3,(H2,14,15,19,20)/t9-/m1/s1. The van der Waals surface area contributed by atoms with Gasteiger partial charge in [-0.1, -0.05) is 24.8 Å². The molecule has 0 fully saturated rings. The molecule has 0 saturated heterocycles. The average Bonchev–Trinajstić information content (AvgIpc) is 2.88. The number of rotatable bonds is 5. The van der Waals surface area contributed by atoms with Gasteiger partial charge in [0.2, 0.25) is 5.91 Å². The SMILES string of the molecule is CC[C@@H](C)NC(=O)NC(=O)CSc1nnc2ccccn12. The topological polar surface area (TPSA) is 88.4 Å². The second-order valence-corrected chi connectivity index (χ2v) is 5.47. The molecule has 112 valence electrons. The number of nitrogens with one attached hydrogen (secondary N) is 2. The number of urea groups is 1. The zero-order valence-electron chi connectivity index (χ0n) is 11.9. The van der Waals surface area contributed by atoms with Crippen LogP contribution in [0.25, 0.3) is 5.65 Å². The first-order valence-electron chi connectivity index (χ1n) is 6.63. The molecule has 0 saturated carbocycles. The van der Waals surface area contributed by atoms with Gasteiger partial charge in [0.25, 0.3) is 0 Å². The number of hydrogen-bond acceptors (Lipinski definition) is 5. The van der Waals surface area contributed by atoms with Crippen molar-refractivity contribution < 1.29 is 9.59 Å². The number of amides is 3. The Bertz CT molecular complexity index is 642. The summed E-state index contributed by atoms with van der Waals surface area (Å²) in [5, 5.41) is 13.6. The van der Waals surface area contributed by atoms with Crippen LogP contribution in [0.4, 0.5) is 4.79 Å². The first-order valence-corrected chi connectivity index (χ1v) is 7.61. The average molecular weight is 307 g/mol. The third kappa shape index (κ3) is 4.19. The smallest absolute Gasteiger partial charge is 0.321 e. The number of aromatic nitrogens is 3. The van der Waals surface area contributed by atoms with Crippen molar-refractivity contribution in [2.24, 2.45) is 0 Å². The summed E-state index contributed by atoms with van der Waals surface area (Å²) >= 11 is 1.23. The van der Waals surface area contributed by atoms with Gasteiger partial charge in [-0.3, -0.25) is 14.5 Å². The Morgan fingerprint density at radius 1 is 1.38 bits per heavy atom. The van der Waals surface area contributed by atoms with Crippen LogP contribution in [0.3, 0.4) is 0 Å². The lowest BCUT2D eigenvalue weighted by Gasteiger charge is -2.11. The largest absolute Gasteiger partial charge is 0.335 e. The van der Waals surface area contributed by atoms with Crippen LogP contribution < -0.4 is 10.6 Å². The summed E-state index contributed by atoms with van der Waals surface area (Å²) < 4.78 is 1.79. The maximum absolute atomic E-state index is 11.7. The zero-order chi connectivity index (χ0) is 15.2. The molecule has 8 heteroatoms. The van der Waals surface area contributed by atoms with Crippen molar-refractivity contribution in [3.05, 3.63) is 24.4 Å². The molecule has 2 aromatic rings. The van der Waals surface area contributed by atoms with Crippen LogP contribution in [0.1, 0.15) is 20.3 Å². The van der Waals surface area contributed by atoms with Crippen molar-refractivity contribution in [1.29, 1.82) is 0 Å². The van der Waals surface area contributed by atoms with E-state index in [1.165, 1.54) is 11.8 Å². The van der Waals surface area contributed by atoms with Crippen LogP contribution >= 0.6 is 11.8 Å². The van der Waals surface area contributed by atoms with Gasteiger partial charge in [0.1, 0.15) is 0 Å². The fraction of sp³-hybridized carbons (Fsp3) is 0.385. The van der Waals surface area contributed by atoms with Crippen LogP contribution in [0.5, 0.6) is 0 Å². The number of carbonyl (C=O) groups excluding carboxylic acids is 2. The molecule has 0 radical (unpaired) electrons. The number of hydrogen-bond donors (Lipinski definition) is 2. The lowest BCUT2D eigenvalue weighted by atomic mass is 10.3. The first-order chi connectivity index (χ1) is 10.1. The minimum Gasteiger partial charge on any atom is -0.335 e. The van der Waals surface area contributed by atoms with Crippen molar-refractivity contribution >= 4 is 29.3 Å². The highest BCUT2D eigenvalue weighted by Crippen LogP contribution is 2.15. The lowest BCUT2D eigenvalue weighted by Crippen LogP contribution is -2.43. The molecule has 2 rings (SSSR count). The number of pyridine rings is 1. The number of imide groups is 1. The molecule has 0 spiro atoms. The highest BCUT2D eigenvalue weighted by Gasteiger charge is 2.12. The van der Waals surface area contributed by atoms with E-state index in [1.54, 1.807) is 4.40 Å². The Morgan fingerprint density at radius 2 is 2.19 bits per heavy atom. The van der Waals surface area contributed by atoms with Crippen molar-refractivity contribution in [2.45, 2.75) is 31.5 Å². The van der Waals surface area contributed by atoms with E-state index >= 15 is 0 Å². The van der Waals surface area contributed by atoms with Crippen molar-refractivity contribution in [3.8, 4) is 0 Å². The predicted octanol–water partition coefficient (Wildman–Crippen LogP) is 1.45. The second kappa shape index (κ2) is 7.07. The molecule has 0 aliphatic carbocycles. The number of fused-ring (bicyclic) bond motifs is 1. The quantitative estimate of drug-likeness (QED) is 0.816. The van der Waals surface area contributed by atoms with Gasteiger partial charge in [-0.2, -0.15) is 0 Å². The fourth-order valence-electron chi connectivity index (χ4n) is 1.57. The number of nitrogens with zero attached hydrogens (tertiary/aromatic N) is 3. The van der Waals surface area contributed by atoms with Crippen molar-refractivity contribution in [2.75, 3.05) is 5.75 Å². The Kier molecular flexibility index (Phi) is 5.15. The molecule has 2 aromatic heterocycles. The predicted molar refractivity (Wildman–Crippen MR) is 80.1 cm³/mol. The van der Waals surface area contributed by atoms with Gasteiger partial charge in [0.15, 0.2) is 10.8 Å². The van der Waals surface area contributed by atoms with Crippen LogP contribution in [0.2, 0.25) is 0 Å². The van der Waals surface area contributed by atoms with Crippen LogP contribution in [-0.4, -0.2) is 38.3 Å². The van der Waals surface area contributed by atoms with E-state index in [-0.39, 0.29) is 17.7 Å². The van der Waals surface area contributed by atoms with Crippen molar-refractivity contribution in [3.63, 3.8) is 0 Å². The Hall–Kier alpha value is -2.09. The minimum absolute atomic E-state index is 0.0332. The summed E-state index contributed by atoms with van der Waals surface area (Å²) in [4.78, 5) is 23.2. The minimum atomic E-state index is -0.471. The Balaban J connectivity index is 1.85. The molecular formula is C13H17N5O2S. The van der Waals surface area contributed by atoms with Crippen molar-refractivity contribution in [1.82, 2.24) is 25.2 Å². The van der Waals surface area contributed by atoms with Gasteiger partial charge >= 0.3 is 6.03 Å². The van der Waals surface area contributed by atoms with E-state index < -0.39 is 6.03 Å².